The second-order valence-electron chi connectivity index (χ2n) is 12.4. The third kappa shape index (κ3) is 150. The van der Waals surface area contributed by atoms with E-state index < -0.39 is 17.2 Å². The molecule has 0 aliphatic heterocycles. The molecular weight excluding hydrogens is 710 g/mol. The van der Waals surface area contributed by atoms with Crippen LogP contribution in [0.15, 0.2) is 0 Å². The fourth-order valence-electron chi connectivity index (χ4n) is 5.24. The Balaban J connectivity index is -0.0000000746. The third-order valence-electron chi connectivity index (χ3n) is 7.91. The van der Waals surface area contributed by atoms with Gasteiger partial charge in [0.25, 0.3) is 0 Å². The molecule has 0 unspecified atom stereocenters. The smallest absolute Gasteiger partial charge is 0.324 e. The number of unbranched alkanes of at least 4 members (excludes halogenated alkanes) is 30. The van der Waals surface area contributed by atoms with Gasteiger partial charge in [-0.3, -0.25) is 0 Å². The van der Waals surface area contributed by atoms with Gasteiger partial charge in [0.1, 0.15) is 0 Å². The highest BCUT2D eigenvalue weighted by molar-refractivity contribution is 7.38. The van der Waals surface area contributed by atoms with Gasteiger partial charge in [0.15, 0.2) is 0 Å². The minimum atomic E-state index is -2.62. The number of hydrogen-bond donors (Lipinski definition) is 6. The molecule has 0 atom stereocenters. The molecule has 0 heterocycles. The third-order valence-corrected chi connectivity index (χ3v) is 7.91. The van der Waals surface area contributed by atoms with E-state index in [0.29, 0.717) is 0 Å². The van der Waals surface area contributed by atoms with Crippen molar-refractivity contribution < 1.29 is 29.4 Å². The lowest BCUT2D eigenvalue weighted by Gasteiger charge is -2.03. The lowest BCUT2D eigenvalue weighted by molar-refractivity contribution is 0.366. The molecule has 8 heteroatoms. The Morgan fingerprint density at radius 2 is 0.241 bits per heavy atom. The average molecular weight is 823 g/mol. The molecule has 0 amide bonds. The summed E-state index contributed by atoms with van der Waals surface area (Å²) in [6.45, 7) is 29.2. The molecule has 0 rings (SSSR count). The van der Waals surface area contributed by atoms with Gasteiger partial charge in [0, 0.05) is 0 Å². The summed E-state index contributed by atoms with van der Waals surface area (Å²) in [5.74, 6) is 0. The summed E-state index contributed by atoms with van der Waals surface area (Å²) in [7, 11) is -5.24. The van der Waals surface area contributed by atoms with Crippen LogP contribution >= 0.6 is 17.2 Å². The Hall–Kier alpha value is 0.620. The molecule has 0 aromatic carbocycles. The second-order valence-corrected chi connectivity index (χ2v) is 13.5. The van der Waals surface area contributed by atoms with Crippen LogP contribution in [0.5, 0.6) is 0 Å². The van der Waals surface area contributed by atoms with E-state index in [2.05, 4.69) is 27.7 Å². The first-order valence-electron chi connectivity index (χ1n) is 24.0. The maximum atomic E-state index is 7.23. The van der Waals surface area contributed by atoms with E-state index in [0.717, 1.165) is 0 Å². The van der Waals surface area contributed by atoms with E-state index in [1.54, 1.807) is 0 Å². The van der Waals surface area contributed by atoms with Gasteiger partial charge in [0.05, 0.1) is 0 Å². The molecule has 6 N–H and O–H groups in total. The zero-order valence-corrected chi connectivity index (χ0v) is 42.0. The van der Waals surface area contributed by atoms with E-state index >= 15 is 0 Å². The SMILES string of the molecule is CC.CC.CC.CC.CC.CCCCCCCCCCCCCCCCCC.CCCCCCCCCCCCCCCCCC.OP(O)O.OP(O)O. The summed E-state index contributed by atoms with van der Waals surface area (Å²) in [6, 6.07) is 0. The molecule has 0 aliphatic carbocycles. The van der Waals surface area contributed by atoms with Crippen LogP contribution in [-0.4, -0.2) is 29.4 Å². The van der Waals surface area contributed by atoms with Crippen molar-refractivity contribution in [1.29, 1.82) is 0 Å². The molecule has 342 valence electrons. The zero-order valence-electron chi connectivity index (χ0n) is 40.2. The normalized spacial score (nSPS) is 9.22. The van der Waals surface area contributed by atoms with Gasteiger partial charge >= 0.3 is 17.2 Å². The van der Waals surface area contributed by atoms with Crippen molar-refractivity contribution in [2.24, 2.45) is 0 Å². The van der Waals surface area contributed by atoms with Gasteiger partial charge < -0.3 is 29.4 Å². The van der Waals surface area contributed by atoms with Crippen molar-refractivity contribution in [1.82, 2.24) is 0 Å². The van der Waals surface area contributed by atoms with Crippen molar-refractivity contribution in [3.05, 3.63) is 0 Å². The zero-order chi connectivity index (χ0) is 43.8. The van der Waals surface area contributed by atoms with Crippen LogP contribution in [0.1, 0.15) is 302 Å². The predicted molar refractivity (Wildman–Crippen MR) is 254 cm³/mol. The Labute approximate surface area is 347 Å². The predicted octanol–water partition coefficient (Wildman–Crippen LogP) is 18.0. The first kappa shape index (κ1) is 75.5. The van der Waals surface area contributed by atoms with E-state index in [1.165, 1.54) is 205 Å². The largest absolute Gasteiger partial charge is 0.328 e. The van der Waals surface area contributed by atoms with Gasteiger partial charge in [-0.2, -0.15) is 0 Å². The quantitative estimate of drug-likeness (QED) is 0.0317. The van der Waals surface area contributed by atoms with Crippen LogP contribution in [0.3, 0.4) is 0 Å². The Kier molecular flexibility index (Phi) is 139. The van der Waals surface area contributed by atoms with Crippen molar-refractivity contribution in [2.45, 2.75) is 302 Å². The monoisotopic (exact) mass is 823 g/mol. The topological polar surface area (TPSA) is 121 Å². The molecule has 0 aromatic heterocycles. The molecule has 0 radical (unpaired) electrons. The summed E-state index contributed by atoms with van der Waals surface area (Å²) >= 11 is 0. The summed E-state index contributed by atoms with van der Waals surface area (Å²) in [6.07, 6.45) is 46.8. The summed E-state index contributed by atoms with van der Waals surface area (Å²) in [5, 5.41) is 0. The molecule has 0 saturated heterocycles. The molecule has 0 aliphatic rings. The lowest BCUT2D eigenvalue weighted by atomic mass is 10.0. The molecular formula is C46H112O6P2. The van der Waals surface area contributed by atoms with Gasteiger partial charge in [0.2, 0.25) is 0 Å². The first-order valence-corrected chi connectivity index (χ1v) is 26.4. The molecule has 6 nitrogen and oxygen atoms in total. The molecule has 54 heavy (non-hydrogen) atoms. The van der Waals surface area contributed by atoms with Crippen LogP contribution in [-0.2, 0) is 0 Å². The van der Waals surface area contributed by atoms with Crippen LogP contribution < -0.4 is 0 Å². The van der Waals surface area contributed by atoms with Crippen LogP contribution in [0.2, 0.25) is 0 Å². The highest BCUT2D eigenvalue weighted by atomic mass is 31.2. The first-order chi connectivity index (χ1) is 26.3. The van der Waals surface area contributed by atoms with Crippen LogP contribution in [0.25, 0.3) is 0 Å². The highest BCUT2D eigenvalue weighted by Gasteiger charge is 1.95. The molecule has 0 spiro atoms. The highest BCUT2D eigenvalue weighted by Crippen LogP contribution is 2.15. The Morgan fingerprint density at radius 3 is 0.296 bits per heavy atom. The maximum Gasteiger partial charge on any atom is 0.324 e. The maximum absolute atomic E-state index is 7.23. The number of hydrogen-bond acceptors (Lipinski definition) is 6. The van der Waals surface area contributed by atoms with E-state index in [1.807, 2.05) is 69.2 Å². The van der Waals surface area contributed by atoms with Crippen molar-refractivity contribution in [2.75, 3.05) is 0 Å². The summed E-state index contributed by atoms with van der Waals surface area (Å²) < 4.78 is 0. The van der Waals surface area contributed by atoms with E-state index in [-0.39, 0.29) is 0 Å². The average Bonchev–Trinajstić information content (AvgIpc) is 3.19. The minimum Gasteiger partial charge on any atom is -0.328 e. The van der Waals surface area contributed by atoms with Gasteiger partial charge in [-0.25, -0.2) is 0 Å². The minimum absolute atomic E-state index is 1.37. The van der Waals surface area contributed by atoms with Crippen LogP contribution in [0, 0.1) is 0 Å². The second kappa shape index (κ2) is 99.5. The fourth-order valence-corrected chi connectivity index (χ4v) is 5.24. The summed E-state index contributed by atoms with van der Waals surface area (Å²) in [4.78, 5) is 43.4. The van der Waals surface area contributed by atoms with Crippen molar-refractivity contribution >= 4 is 17.2 Å². The van der Waals surface area contributed by atoms with Gasteiger partial charge in [-0.1, -0.05) is 302 Å². The van der Waals surface area contributed by atoms with E-state index in [4.69, 9.17) is 29.4 Å². The van der Waals surface area contributed by atoms with Crippen LogP contribution in [0.4, 0.5) is 0 Å². The Bertz CT molecular complexity index is 359. The van der Waals surface area contributed by atoms with Crippen molar-refractivity contribution in [3.63, 3.8) is 0 Å². The Morgan fingerprint density at radius 1 is 0.185 bits per heavy atom. The fraction of sp³-hybridized carbons (Fsp3) is 1.00. The molecule has 0 fully saturated rings. The summed E-state index contributed by atoms with van der Waals surface area (Å²) in [5.41, 5.74) is 0. The van der Waals surface area contributed by atoms with Gasteiger partial charge in [-0.05, 0) is 0 Å². The molecule has 0 bridgehead atoms. The standard InChI is InChI=1S/2C18H38.5C2H6.2H3O3P/c2*1-3-5-7-9-11-13-15-17-18-16-14-12-10-8-6-4-2;5*1-2;2*1-4(2)3/h2*3-18H2,1-2H3;5*1-2H3;2*1-3H. The lowest BCUT2D eigenvalue weighted by Crippen LogP contribution is -1.83. The van der Waals surface area contributed by atoms with E-state index in [9.17, 15) is 0 Å². The molecule has 0 saturated carbocycles. The number of rotatable bonds is 30. The van der Waals surface area contributed by atoms with Crippen molar-refractivity contribution in [3.8, 4) is 0 Å². The molecule has 0 aromatic rings. The van der Waals surface area contributed by atoms with Gasteiger partial charge in [-0.15, -0.1) is 0 Å².